The predicted octanol–water partition coefficient (Wildman–Crippen LogP) is 2.58. The SMILES string of the molecule is CC1(CNc2nccc(C(C)(C)C)n2)CCNCC1. The highest BCUT2D eigenvalue weighted by atomic mass is 15.1. The fraction of sp³-hybridized carbons (Fsp3) is 0.733. The molecule has 2 N–H and O–H groups in total. The quantitative estimate of drug-likeness (QED) is 0.879. The van der Waals surface area contributed by atoms with Crippen LogP contribution in [0.15, 0.2) is 12.3 Å². The molecule has 0 bridgehead atoms. The van der Waals surface area contributed by atoms with Gasteiger partial charge in [-0.1, -0.05) is 27.7 Å². The molecule has 0 saturated carbocycles. The molecule has 1 aliphatic heterocycles. The van der Waals surface area contributed by atoms with Gasteiger partial charge in [-0.25, -0.2) is 9.97 Å². The summed E-state index contributed by atoms with van der Waals surface area (Å²) in [6.07, 6.45) is 4.26. The van der Waals surface area contributed by atoms with Gasteiger partial charge in [0.15, 0.2) is 0 Å². The van der Waals surface area contributed by atoms with Crippen LogP contribution >= 0.6 is 0 Å². The van der Waals surface area contributed by atoms with Gasteiger partial charge in [0.25, 0.3) is 0 Å². The van der Waals surface area contributed by atoms with Crippen LogP contribution < -0.4 is 10.6 Å². The van der Waals surface area contributed by atoms with Gasteiger partial charge in [-0.15, -0.1) is 0 Å². The molecule has 1 fully saturated rings. The smallest absolute Gasteiger partial charge is 0.222 e. The summed E-state index contributed by atoms with van der Waals surface area (Å²) in [5.41, 5.74) is 1.50. The van der Waals surface area contributed by atoms with Crippen molar-refractivity contribution in [2.24, 2.45) is 5.41 Å². The standard InChI is InChI=1S/C15H26N4/c1-14(2,3)12-5-8-17-13(19-12)18-11-15(4)6-9-16-10-7-15/h5,8,16H,6-7,9-11H2,1-4H3,(H,17,18,19). The van der Waals surface area contributed by atoms with Gasteiger partial charge in [-0.2, -0.15) is 0 Å². The third-order valence-corrected chi connectivity index (χ3v) is 3.91. The van der Waals surface area contributed by atoms with E-state index in [4.69, 9.17) is 0 Å². The zero-order valence-electron chi connectivity index (χ0n) is 12.6. The summed E-state index contributed by atoms with van der Waals surface area (Å²) in [6, 6.07) is 2.00. The Kier molecular flexibility index (Phi) is 4.09. The number of rotatable bonds is 3. The van der Waals surface area contributed by atoms with Crippen LogP contribution in [0.4, 0.5) is 5.95 Å². The fourth-order valence-corrected chi connectivity index (χ4v) is 2.36. The van der Waals surface area contributed by atoms with Crippen LogP contribution in [0.5, 0.6) is 0 Å². The maximum atomic E-state index is 4.62. The maximum absolute atomic E-state index is 4.62. The molecule has 0 aromatic carbocycles. The van der Waals surface area contributed by atoms with Crippen molar-refractivity contribution in [3.8, 4) is 0 Å². The van der Waals surface area contributed by atoms with Crippen LogP contribution in [-0.2, 0) is 5.41 Å². The number of anilines is 1. The summed E-state index contributed by atoms with van der Waals surface area (Å²) in [7, 11) is 0. The minimum Gasteiger partial charge on any atom is -0.354 e. The number of piperidine rings is 1. The maximum Gasteiger partial charge on any atom is 0.222 e. The molecular weight excluding hydrogens is 236 g/mol. The third kappa shape index (κ3) is 3.90. The Hall–Kier alpha value is -1.16. The summed E-state index contributed by atoms with van der Waals surface area (Å²) in [4.78, 5) is 8.95. The molecule has 0 spiro atoms. The number of aromatic nitrogens is 2. The summed E-state index contributed by atoms with van der Waals surface area (Å²) in [5, 5.41) is 6.83. The van der Waals surface area contributed by atoms with E-state index in [9.17, 15) is 0 Å². The molecular formula is C15H26N4. The Morgan fingerprint density at radius 2 is 2.00 bits per heavy atom. The monoisotopic (exact) mass is 262 g/mol. The summed E-state index contributed by atoms with van der Waals surface area (Å²) >= 11 is 0. The molecule has 2 heterocycles. The lowest BCUT2D eigenvalue weighted by molar-refractivity contribution is 0.247. The van der Waals surface area contributed by atoms with Gasteiger partial charge in [0.2, 0.25) is 5.95 Å². The van der Waals surface area contributed by atoms with Crippen molar-refractivity contribution in [3.05, 3.63) is 18.0 Å². The molecule has 0 amide bonds. The molecule has 106 valence electrons. The number of nitrogens with zero attached hydrogens (tertiary/aromatic N) is 2. The van der Waals surface area contributed by atoms with E-state index in [0.717, 1.165) is 31.3 Å². The van der Waals surface area contributed by atoms with Gasteiger partial charge in [0, 0.05) is 18.2 Å². The van der Waals surface area contributed by atoms with Crippen LogP contribution in [0.3, 0.4) is 0 Å². The largest absolute Gasteiger partial charge is 0.354 e. The highest BCUT2D eigenvalue weighted by Gasteiger charge is 2.26. The van der Waals surface area contributed by atoms with Gasteiger partial charge in [0.05, 0.1) is 5.69 Å². The van der Waals surface area contributed by atoms with Crippen molar-refractivity contribution < 1.29 is 0 Å². The molecule has 1 aromatic heterocycles. The minimum atomic E-state index is 0.0675. The highest BCUT2D eigenvalue weighted by molar-refractivity contribution is 5.28. The first-order valence-corrected chi connectivity index (χ1v) is 7.17. The van der Waals surface area contributed by atoms with Crippen molar-refractivity contribution in [2.45, 2.75) is 46.0 Å². The molecule has 0 atom stereocenters. The van der Waals surface area contributed by atoms with E-state index in [1.165, 1.54) is 12.8 Å². The molecule has 4 heteroatoms. The van der Waals surface area contributed by atoms with Crippen molar-refractivity contribution in [3.63, 3.8) is 0 Å². The van der Waals surface area contributed by atoms with E-state index in [1.807, 2.05) is 12.3 Å². The van der Waals surface area contributed by atoms with E-state index in [1.54, 1.807) is 0 Å². The minimum absolute atomic E-state index is 0.0675. The lowest BCUT2D eigenvalue weighted by Crippen LogP contribution is -2.39. The number of hydrogen-bond donors (Lipinski definition) is 2. The van der Waals surface area contributed by atoms with E-state index in [2.05, 4.69) is 48.3 Å². The van der Waals surface area contributed by atoms with Crippen LogP contribution in [0.1, 0.15) is 46.2 Å². The van der Waals surface area contributed by atoms with E-state index >= 15 is 0 Å². The molecule has 4 nitrogen and oxygen atoms in total. The van der Waals surface area contributed by atoms with Crippen molar-refractivity contribution in [2.75, 3.05) is 25.0 Å². The molecule has 1 aliphatic rings. The van der Waals surface area contributed by atoms with Crippen LogP contribution in [0.2, 0.25) is 0 Å². The second kappa shape index (κ2) is 5.45. The predicted molar refractivity (Wildman–Crippen MR) is 79.4 cm³/mol. The molecule has 1 saturated heterocycles. The van der Waals surface area contributed by atoms with E-state index in [0.29, 0.717) is 5.41 Å². The topological polar surface area (TPSA) is 49.8 Å². The molecule has 2 rings (SSSR count). The number of hydrogen-bond acceptors (Lipinski definition) is 4. The Morgan fingerprint density at radius 3 is 2.63 bits per heavy atom. The molecule has 0 aliphatic carbocycles. The van der Waals surface area contributed by atoms with Crippen LogP contribution in [0, 0.1) is 5.41 Å². The Labute approximate surface area is 116 Å². The van der Waals surface area contributed by atoms with Gasteiger partial charge in [0.1, 0.15) is 0 Å². The first-order chi connectivity index (χ1) is 8.89. The third-order valence-electron chi connectivity index (χ3n) is 3.91. The van der Waals surface area contributed by atoms with Gasteiger partial charge >= 0.3 is 0 Å². The molecule has 0 radical (unpaired) electrons. The normalized spacial score (nSPS) is 19.2. The van der Waals surface area contributed by atoms with Crippen LogP contribution in [0.25, 0.3) is 0 Å². The van der Waals surface area contributed by atoms with Gasteiger partial charge in [-0.3, -0.25) is 0 Å². The average Bonchev–Trinajstić information content (AvgIpc) is 2.37. The lowest BCUT2D eigenvalue weighted by Gasteiger charge is -2.34. The van der Waals surface area contributed by atoms with Crippen molar-refractivity contribution in [1.82, 2.24) is 15.3 Å². The highest BCUT2D eigenvalue weighted by Crippen LogP contribution is 2.28. The second-order valence-corrected chi connectivity index (χ2v) is 6.93. The summed E-state index contributed by atoms with van der Waals surface area (Å²) < 4.78 is 0. The van der Waals surface area contributed by atoms with E-state index < -0.39 is 0 Å². The van der Waals surface area contributed by atoms with Gasteiger partial charge in [-0.05, 0) is 37.4 Å². The first-order valence-electron chi connectivity index (χ1n) is 7.17. The second-order valence-electron chi connectivity index (χ2n) is 6.93. The average molecular weight is 262 g/mol. The zero-order chi connectivity index (χ0) is 13.9. The Balaban J connectivity index is 1.99. The Bertz CT molecular complexity index is 416. The molecule has 1 aromatic rings. The summed E-state index contributed by atoms with van der Waals surface area (Å²) in [6.45, 7) is 12.0. The zero-order valence-corrected chi connectivity index (χ0v) is 12.6. The number of nitrogens with one attached hydrogen (secondary N) is 2. The molecule has 0 unspecified atom stereocenters. The van der Waals surface area contributed by atoms with Crippen molar-refractivity contribution in [1.29, 1.82) is 0 Å². The van der Waals surface area contributed by atoms with Crippen molar-refractivity contribution >= 4 is 5.95 Å². The lowest BCUT2D eigenvalue weighted by atomic mass is 9.81. The summed E-state index contributed by atoms with van der Waals surface area (Å²) in [5.74, 6) is 0.757. The first kappa shape index (κ1) is 14.3. The molecule has 19 heavy (non-hydrogen) atoms. The van der Waals surface area contributed by atoms with Crippen LogP contribution in [-0.4, -0.2) is 29.6 Å². The van der Waals surface area contributed by atoms with E-state index in [-0.39, 0.29) is 5.41 Å². The fourth-order valence-electron chi connectivity index (χ4n) is 2.36. The Morgan fingerprint density at radius 1 is 1.32 bits per heavy atom. The van der Waals surface area contributed by atoms with Gasteiger partial charge < -0.3 is 10.6 Å².